The zero-order valence-electron chi connectivity index (χ0n) is 15.1. The lowest BCUT2D eigenvalue weighted by Gasteiger charge is -2.34. The first-order valence-corrected chi connectivity index (χ1v) is 9.96. The van der Waals surface area contributed by atoms with E-state index in [2.05, 4.69) is 0 Å². The maximum absolute atomic E-state index is 13.8. The Labute approximate surface area is 157 Å². The fraction of sp³-hybridized carbons (Fsp3) is 0.316. The molecule has 0 aliphatic carbocycles. The van der Waals surface area contributed by atoms with E-state index in [4.69, 9.17) is 0 Å². The van der Waals surface area contributed by atoms with Gasteiger partial charge in [-0.1, -0.05) is 12.1 Å². The Kier molecular flexibility index (Phi) is 5.30. The summed E-state index contributed by atoms with van der Waals surface area (Å²) < 4.78 is 54.0. The van der Waals surface area contributed by atoms with Gasteiger partial charge in [-0.15, -0.1) is 0 Å². The molecule has 1 amide bonds. The number of halogens is 2. The van der Waals surface area contributed by atoms with Crippen LogP contribution in [0.3, 0.4) is 0 Å². The number of rotatable bonds is 3. The normalized spacial score (nSPS) is 15.8. The third kappa shape index (κ3) is 3.86. The monoisotopic (exact) mass is 394 g/mol. The van der Waals surface area contributed by atoms with Gasteiger partial charge in [-0.2, -0.15) is 4.31 Å². The van der Waals surface area contributed by atoms with E-state index < -0.39 is 27.6 Å². The molecule has 0 saturated carbocycles. The number of nitrogens with zero attached hydrogens (tertiary/aromatic N) is 2. The summed E-state index contributed by atoms with van der Waals surface area (Å²) in [6.45, 7) is 4.07. The zero-order valence-corrected chi connectivity index (χ0v) is 15.9. The fourth-order valence-electron chi connectivity index (χ4n) is 3.09. The van der Waals surface area contributed by atoms with Crippen LogP contribution in [0.15, 0.2) is 41.3 Å². The van der Waals surface area contributed by atoms with Crippen molar-refractivity contribution in [3.8, 4) is 0 Å². The minimum Gasteiger partial charge on any atom is -0.336 e. The molecular weight excluding hydrogens is 374 g/mol. The van der Waals surface area contributed by atoms with E-state index >= 15 is 0 Å². The molecule has 3 rings (SSSR count). The van der Waals surface area contributed by atoms with Crippen LogP contribution < -0.4 is 0 Å². The molecular formula is C19H20F2N2O3S. The van der Waals surface area contributed by atoms with Crippen LogP contribution in [0.25, 0.3) is 0 Å². The molecule has 0 atom stereocenters. The molecule has 1 aliphatic rings. The summed E-state index contributed by atoms with van der Waals surface area (Å²) in [7, 11) is -3.67. The van der Waals surface area contributed by atoms with E-state index in [1.54, 1.807) is 19.1 Å². The first-order valence-electron chi connectivity index (χ1n) is 8.52. The topological polar surface area (TPSA) is 57.7 Å². The van der Waals surface area contributed by atoms with Gasteiger partial charge in [-0.25, -0.2) is 17.2 Å². The van der Waals surface area contributed by atoms with Gasteiger partial charge in [0.2, 0.25) is 10.0 Å². The fourth-order valence-corrected chi connectivity index (χ4v) is 4.82. The Morgan fingerprint density at radius 3 is 2.26 bits per heavy atom. The first-order chi connectivity index (χ1) is 12.7. The Balaban J connectivity index is 1.75. The summed E-state index contributed by atoms with van der Waals surface area (Å²) in [5.41, 5.74) is 1.29. The molecule has 2 aromatic carbocycles. The van der Waals surface area contributed by atoms with Gasteiger partial charge in [0, 0.05) is 32.2 Å². The quantitative estimate of drug-likeness (QED) is 0.804. The molecule has 8 heteroatoms. The summed E-state index contributed by atoms with van der Waals surface area (Å²) >= 11 is 0. The van der Waals surface area contributed by atoms with Crippen LogP contribution in [0.2, 0.25) is 0 Å². The molecule has 5 nitrogen and oxygen atoms in total. The minimum atomic E-state index is -3.67. The summed E-state index contributed by atoms with van der Waals surface area (Å²) in [5.74, 6) is -2.25. The van der Waals surface area contributed by atoms with Gasteiger partial charge >= 0.3 is 0 Å². The van der Waals surface area contributed by atoms with E-state index in [0.29, 0.717) is 11.6 Å². The number of carbonyl (C=O) groups excluding carboxylic acids is 1. The van der Waals surface area contributed by atoms with E-state index in [1.165, 1.54) is 9.21 Å². The number of piperazine rings is 1. The molecule has 0 N–H and O–H groups in total. The van der Waals surface area contributed by atoms with Crippen molar-refractivity contribution in [1.82, 2.24) is 9.21 Å². The number of amides is 1. The molecule has 1 heterocycles. The van der Waals surface area contributed by atoms with E-state index in [0.717, 1.165) is 17.7 Å². The molecule has 0 spiro atoms. The van der Waals surface area contributed by atoms with Crippen molar-refractivity contribution in [2.45, 2.75) is 18.7 Å². The van der Waals surface area contributed by atoms with E-state index in [9.17, 15) is 22.0 Å². The predicted molar refractivity (Wildman–Crippen MR) is 96.9 cm³/mol. The Morgan fingerprint density at radius 2 is 1.63 bits per heavy atom. The molecule has 0 radical (unpaired) electrons. The number of aryl methyl sites for hydroxylation is 2. The Hall–Kier alpha value is -2.32. The third-order valence-corrected chi connectivity index (χ3v) is 6.69. The number of sulfonamides is 1. The summed E-state index contributed by atoms with van der Waals surface area (Å²) in [5, 5.41) is 0. The lowest BCUT2D eigenvalue weighted by molar-refractivity contribution is 0.0693. The molecule has 2 aromatic rings. The smallest absolute Gasteiger partial charge is 0.256 e. The second kappa shape index (κ2) is 7.36. The van der Waals surface area contributed by atoms with Crippen molar-refractivity contribution < 1.29 is 22.0 Å². The summed E-state index contributed by atoms with van der Waals surface area (Å²) in [6.07, 6.45) is 0. The zero-order chi connectivity index (χ0) is 19.8. The number of hydrogen-bond acceptors (Lipinski definition) is 3. The summed E-state index contributed by atoms with van der Waals surface area (Å²) in [6, 6.07) is 8.04. The van der Waals surface area contributed by atoms with Crippen LogP contribution in [0.5, 0.6) is 0 Å². The molecule has 1 saturated heterocycles. The molecule has 0 aromatic heterocycles. The highest BCUT2D eigenvalue weighted by atomic mass is 32.2. The van der Waals surface area contributed by atoms with Crippen LogP contribution in [-0.2, 0) is 10.0 Å². The van der Waals surface area contributed by atoms with Crippen LogP contribution >= 0.6 is 0 Å². The third-order valence-electron chi connectivity index (χ3n) is 4.65. The minimum absolute atomic E-state index is 0.115. The average molecular weight is 394 g/mol. The van der Waals surface area contributed by atoms with Crippen LogP contribution in [0.1, 0.15) is 21.5 Å². The average Bonchev–Trinajstić information content (AvgIpc) is 2.63. The van der Waals surface area contributed by atoms with Gasteiger partial charge < -0.3 is 4.90 Å². The highest BCUT2D eigenvalue weighted by Gasteiger charge is 2.32. The molecule has 0 bridgehead atoms. The lowest BCUT2D eigenvalue weighted by atomic mass is 10.1. The van der Waals surface area contributed by atoms with E-state index in [-0.39, 0.29) is 36.6 Å². The van der Waals surface area contributed by atoms with Gasteiger partial charge in [-0.3, -0.25) is 4.79 Å². The summed E-state index contributed by atoms with van der Waals surface area (Å²) in [4.78, 5) is 14.1. The van der Waals surface area contributed by atoms with Crippen LogP contribution in [0.4, 0.5) is 8.78 Å². The second-order valence-corrected chi connectivity index (χ2v) is 8.50. The maximum Gasteiger partial charge on any atom is 0.256 e. The van der Waals surface area contributed by atoms with E-state index in [1.807, 2.05) is 13.0 Å². The number of carbonyl (C=O) groups is 1. The number of benzene rings is 2. The second-order valence-electron chi connectivity index (χ2n) is 6.59. The molecule has 144 valence electrons. The molecule has 0 unspecified atom stereocenters. The predicted octanol–water partition coefficient (Wildman–Crippen LogP) is 2.73. The SMILES string of the molecule is Cc1ccc(C)c(S(=O)(=O)N2CCN(C(=O)c3ccc(F)cc3F)CC2)c1. The van der Waals surface area contributed by atoms with Crippen molar-refractivity contribution in [3.05, 3.63) is 64.7 Å². The van der Waals surface area contributed by atoms with Gasteiger partial charge in [0.15, 0.2) is 0 Å². The van der Waals surface area contributed by atoms with Gasteiger partial charge in [0.1, 0.15) is 11.6 Å². The van der Waals surface area contributed by atoms with Crippen molar-refractivity contribution in [2.24, 2.45) is 0 Å². The standard InChI is InChI=1S/C19H20F2N2O3S/c1-13-3-4-14(2)18(11-13)27(25,26)23-9-7-22(8-10-23)19(24)16-6-5-15(20)12-17(16)21/h3-6,11-12H,7-10H2,1-2H3. The van der Waals surface area contributed by atoms with Crippen LogP contribution in [-0.4, -0.2) is 49.7 Å². The van der Waals surface area contributed by atoms with Gasteiger partial charge in [0.25, 0.3) is 5.91 Å². The Bertz CT molecular complexity index is 984. The van der Waals surface area contributed by atoms with Crippen molar-refractivity contribution in [1.29, 1.82) is 0 Å². The largest absolute Gasteiger partial charge is 0.336 e. The highest BCUT2D eigenvalue weighted by Crippen LogP contribution is 2.23. The maximum atomic E-state index is 13.8. The van der Waals surface area contributed by atoms with Gasteiger partial charge in [-0.05, 0) is 43.2 Å². The lowest BCUT2D eigenvalue weighted by Crippen LogP contribution is -2.50. The van der Waals surface area contributed by atoms with Crippen molar-refractivity contribution in [2.75, 3.05) is 26.2 Å². The molecule has 27 heavy (non-hydrogen) atoms. The van der Waals surface area contributed by atoms with Crippen LogP contribution in [0, 0.1) is 25.5 Å². The molecule has 1 aliphatic heterocycles. The highest BCUT2D eigenvalue weighted by molar-refractivity contribution is 7.89. The molecule has 1 fully saturated rings. The van der Waals surface area contributed by atoms with Crippen molar-refractivity contribution in [3.63, 3.8) is 0 Å². The van der Waals surface area contributed by atoms with Crippen molar-refractivity contribution >= 4 is 15.9 Å². The Morgan fingerprint density at radius 1 is 0.963 bits per heavy atom. The first kappa shape index (κ1) is 19.4. The van der Waals surface area contributed by atoms with Gasteiger partial charge in [0.05, 0.1) is 10.5 Å². The number of hydrogen-bond donors (Lipinski definition) is 0.